The second-order valence-corrected chi connectivity index (χ2v) is 9.36. The molecule has 2 aromatic carbocycles. The van der Waals surface area contributed by atoms with Gasteiger partial charge in [-0.1, -0.05) is 49.4 Å². The van der Waals surface area contributed by atoms with E-state index in [4.69, 9.17) is 0 Å². The largest absolute Gasteiger partial charge is 0.357 e. The summed E-state index contributed by atoms with van der Waals surface area (Å²) in [6, 6.07) is 14.8. The number of rotatable bonds is 9. The molecule has 0 saturated carbocycles. The fourth-order valence-corrected chi connectivity index (χ4v) is 5.44. The average Bonchev–Trinajstić information content (AvgIpc) is 3.00. The van der Waals surface area contributed by atoms with E-state index < -0.39 is 22.0 Å². The molecule has 1 heterocycles. The van der Waals surface area contributed by atoms with Crippen molar-refractivity contribution in [2.24, 2.45) is 0 Å². The Morgan fingerprint density at radius 3 is 2.34 bits per heavy atom. The van der Waals surface area contributed by atoms with Gasteiger partial charge in [0.2, 0.25) is 11.8 Å². The summed E-state index contributed by atoms with van der Waals surface area (Å²) in [6.45, 7) is 1.99. The van der Waals surface area contributed by atoms with Crippen molar-refractivity contribution in [3.8, 4) is 0 Å². The summed E-state index contributed by atoms with van der Waals surface area (Å²) in [7, 11) is -2.38. The van der Waals surface area contributed by atoms with Crippen LogP contribution in [0, 0.1) is 0 Å². The molecule has 1 N–H and O–H groups in total. The zero-order chi connectivity index (χ0) is 23.3. The van der Waals surface area contributed by atoms with E-state index in [2.05, 4.69) is 5.32 Å². The second kappa shape index (κ2) is 9.95. The molecule has 32 heavy (non-hydrogen) atoms. The first-order chi connectivity index (χ1) is 15.3. The van der Waals surface area contributed by atoms with Gasteiger partial charge >= 0.3 is 0 Å². The van der Waals surface area contributed by atoms with Crippen molar-refractivity contribution in [3.05, 3.63) is 65.7 Å². The molecular weight excluding hydrogens is 430 g/mol. The lowest BCUT2D eigenvalue weighted by Gasteiger charge is -2.30. The van der Waals surface area contributed by atoms with E-state index in [0.717, 1.165) is 9.87 Å². The van der Waals surface area contributed by atoms with Crippen LogP contribution >= 0.6 is 0 Å². The van der Waals surface area contributed by atoms with Gasteiger partial charge in [0, 0.05) is 26.6 Å². The number of hydrogen-bond acceptors (Lipinski definition) is 5. The molecule has 3 rings (SSSR count). The summed E-state index contributed by atoms with van der Waals surface area (Å²) in [6.07, 6.45) is 0.607. The summed E-state index contributed by atoms with van der Waals surface area (Å²) in [5, 5.41) is 2.60. The third-order valence-electron chi connectivity index (χ3n) is 5.49. The van der Waals surface area contributed by atoms with Gasteiger partial charge < -0.3 is 10.2 Å². The summed E-state index contributed by atoms with van der Waals surface area (Å²) in [4.78, 5) is 39.5. The number of likely N-dealkylation sites (N-methyl/N-ethyl adjacent to an activating group) is 1. The summed E-state index contributed by atoms with van der Waals surface area (Å²) >= 11 is 0. The molecule has 170 valence electrons. The second-order valence-electron chi connectivity index (χ2n) is 7.53. The minimum atomic E-state index is -3.91. The lowest BCUT2D eigenvalue weighted by Crippen LogP contribution is -2.48. The van der Waals surface area contributed by atoms with E-state index in [1.165, 1.54) is 24.1 Å². The first-order valence-electron chi connectivity index (χ1n) is 10.5. The van der Waals surface area contributed by atoms with E-state index in [9.17, 15) is 22.8 Å². The van der Waals surface area contributed by atoms with Crippen LogP contribution in [0.1, 0.15) is 42.1 Å². The Morgan fingerprint density at radius 1 is 1.06 bits per heavy atom. The average molecular weight is 458 g/mol. The van der Waals surface area contributed by atoms with Crippen LogP contribution in [0.5, 0.6) is 0 Å². The number of carbonyl (C=O) groups is 3. The predicted octanol–water partition coefficient (Wildman–Crippen LogP) is 2.16. The van der Waals surface area contributed by atoms with Crippen molar-refractivity contribution in [3.63, 3.8) is 0 Å². The quantitative estimate of drug-likeness (QED) is 0.622. The van der Waals surface area contributed by atoms with Crippen molar-refractivity contribution in [1.29, 1.82) is 0 Å². The van der Waals surface area contributed by atoms with Crippen LogP contribution in [-0.4, -0.2) is 55.0 Å². The number of nitrogens with zero attached hydrogens (tertiary/aromatic N) is 2. The Balaban J connectivity index is 1.71. The highest BCUT2D eigenvalue weighted by atomic mass is 32.2. The van der Waals surface area contributed by atoms with E-state index in [1.807, 2.05) is 37.3 Å². The predicted molar refractivity (Wildman–Crippen MR) is 119 cm³/mol. The number of nitrogens with one attached hydrogen (secondary N) is 1. The van der Waals surface area contributed by atoms with Gasteiger partial charge in [0.25, 0.3) is 15.9 Å². The highest BCUT2D eigenvalue weighted by Gasteiger charge is 2.40. The molecule has 8 nitrogen and oxygen atoms in total. The third-order valence-corrected chi connectivity index (χ3v) is 7.33. The van der Waals surface area contributed by atoms with Gasteiger partial charge in [-0.25, -0.2) is 12.7 Å². The van der Waals surface area contributed by atoms with Gasteiger partial charge in [0.15, 0.2) is 0 Å². The summed E-state index contributed by atoms with van der Waals surface area (Å²) < 4.78 is 26.2. The zero-order valence-electron chi connectivity index (χ0n) is 18.2. The molecule has 0 fully saturated rings. The Hall–Kier alpha value is -3.20. The van der Waals surface area contributed by atoms with Crippen LogP contribution in [0.3, 0.4) is 0 Å². The van der Waals surface area contributed by atoms with Crippen molar-refractivity contribution >= 4 is 27.7 Å². The molecular formula is C23H27N3O5S. The molecule has 0 spiro atoms. The van der Waals surface area contributed by atoms with E-state index in [1.54, 1.807) is 12.1 Å². The molecule has 0 saturated heterocycles. The van der Waals surface area contributed by atoms with Crippen LogP contribution in [-0.2, 0) is 26.2 Å². The molecule has 1 aliphatic rings. The van der Waals surface area contributed by atoms with E-state index >= 15 is 0 Å². The minimum Gasteiger partial charge on any atom is -0.357 e. The topological polar surface area (TPSA) is 104 Å². The van der Waals surface area contributed by atoms with E-state index in [-0.39, 0.29) is 48.2 Å². The van der Waals surface area contributed by atoms with Crippen LogP contribution in [0.2, 0.25) is 0 Å². The normalized spacial score (nSPS) is 15.2. The van der Waals surface area contributed by atoms with Crippen LogP contribution in [0.15, 0.2) is 59.5 Å². The number of fused-ring (bicyclic) bond motifs is 1. The van der Waals surface area contributed by atoms with Crippen LogP contribution in [0.25, 0.3) is 0 Å². The van der Waals surface area contributed by atoms with Crippen molar-refractivity contribution in [2.45, 2.75) is 43.7 Å². The molecule has 1 atom stereocenters. The maximum atomic E-state index is 13.1. The maximum absolute atomic E-state index is 13.1. The summed E-state index contributed by atoms with van der Waals surface area (Å²) in [5.41, 5.74) is 1.03. The molecule has 0 unspecified atom stereocenters. The molecule has 0 aliphatic carbocycles. The van der Waals surface area contributed by atoms with Crippen molar-refractivity contribution in [1.82, 2.24) is 14.5 Å². The third kappa shape index (κ3) is 4.67. The number of sulfonamides is 1. The lowest BCUT2D eigenvalue weighted by molar-refractivity contribution is -0.141. The van der Waals surface area contributed by atoms with Crippen LogP contribution in [0.4, 0.5) is 0 Å². The fraction of sp³-hybridized carbons (Fsp3) is 0.348. The molecule has 9 heteroatoms. The number of benzene rings is 2. The minimum absolute atomic E-state index is 0.00676. The number of carbonyl (C=O) groups excluding carboxylic acids is 3. The Labute approximate surface area is 188 Å². The molecule has 0 bridgehead atoms. The smallest absolute Gasteiger partial charge is 0.269 e. The van der Waals surface area contributed by atoms with Gasteiger partial charge in [-0.2, -0.15) is 0 Å². The Morgan fingerprint density at radius 2 is 1.72 bits per heavy atom. The number of amides is 3. The Bertz CT molecular complexity index is 1100. The van der Waals surface area contributed by atoms with Gasteiger partial charge in [-0.3, -0.25) is 14.4 Å². The highest BCUT2D eigenvalue weighted by Crippen LogP contribution is 2.30. The van der Waals surface area contributed by atoms with Gasteiger partial charge in [0.1, 0.15) is 10.9 Å². The van der Waals surface area contributed by atoms with Gasteiger partial charge in [-0.15, -0.1) is 0 Å². The zero-order valence-corrected chi connectivity index (χ0v) is 19.0. The maximum Gasteiger partial charge on any atom is 0.269 e. The highest BCUT2D eigenvalue weighted by molar-refractivity contribution is 7.90. The SMILES string of the molecule is CC[C@H](C(=O)NC)N(Cc1ccccc1)C(=O)CCCN1C(=O)c2ccccc2S1(=O)=O. The van der Waals surface area contributed by atoms with Crippen LogP contribution < -0.4 is 5.32 Å². The monoisotopic (exact) mass is 457 g/mol. The van der Waals surface area contributed by atoms with Gasteiger partial charge in [0.05, 0.1) is 5.56 Å². The summed E-state index contributed by atoms with van der Waals surface area (Å²) in [5.74, 6) is -1.11. The fourth-order valence-electron chi connectivity index (χ4n) is 3.84. The van der Waals surface area contributed by atoms with Crippen molar-refractivity contribution in [2.75, 3.05) is 13.6 Å². The first-order valence-corrected chi connectivity index (χ1v) is 12.0. The molecule has 1 aliphatic heterocycles. The Kier molecular flexibility index (Phi) is 7.29. The van der Waals surface area contributed by atoms with E-state index in [0.29, 0.717) is 6.42 Å². The number of hydrogen-bond donors (Lipinski definition) is 1. The van der Waals surface area contributed by atoms with Crippen molar-refractivity contribution < 1.29 is 22.8 Å². The van der Waals surface area contributed by atoms with Gasteiger partial charge in [-0.05, 0) is 30.5 Å². The molecule has 2 aromatic rings. The molecule has 0 aromatic heterocycles. The first kappa shape index (κ1) is 23.5. The molecule has 3 amide bonds. The lowest BCUT2D eigenvalue weighted by atomic mass is 10.1. The standard InChI is InChI=1S/C23H27N3O5S/c1-3-19(22(28)24-2)25(16-17-10-5-4-6-11-17)21(27)14-9-15-26-23(29)18-12-7-8-13-20(18)32(26,30)31/h4-8,10-13,19H,3,9,14-16H2,1-2H3,(H,24,28)/t19-/m1/s1. The molecule has 0 radical (unpaired) electrons.